The Kier molecular flexibility index (Phi) is 33.1. The molecular formula is C62H104N4O46. The van der Waals surface area contributed by atoms with Gasteiger partial charge in [0.15, 0.2) is 56.6 Å². The van der Waals surface area contributed by atoms with Crippen molar-refractivity contribution in [1.82, 2.24) is 21.3 Å². The summed E-state index contributed by atoms with van der Waals surface area (Å²) in [6.45, 7) is -6.12. The summed E-state index contributed by atoms with van der Waals surface area (Å²) in [6, 6.07) is -7.43. The summed E-state index contributed by atoms with van der Waals surface area (Å²) in [5.74, 6) is -3.65. The molecule has 9 rings (SSSR count). The van der Waals surface area contributed by atoms with Crippen molar-refractivity contribution >= 4 is 23.6 Å². The Morgan fingerprint density at radius 2 is 0.500 bits per heavy atom. The van der Waals surface area contributed by atoms with Gasteiger partial charge in [-0.15, -0.1) is 0 Å². The van der Waals surface area contributed by atoms with Crippen LogP contribution in [0.1, 0.15) is 27.7 Å². The van der Waals surface area contributed by atoms with E-state index < -0.39 is 359 Å². The molecular weight excluding hydrogens is 1540 g/mol. The quantitative estimate of drug-likeness (QED) is 0.0331. The van der Waals surface area contributed by atoms with Crippen molar-refractivity contribution in [1.29, 1.82) is 0 Å². The van der Waals surface area contributed by atoms with Gasteiger partial charge in [-0.2, -0.15) is 0 Å². The molecule has 0 spiro atoms. The Labute approximate surface area is 634 Å². The number of amides is 4. The standard InChI is InChI=1S/C62H104N4O46/c1-14(75)63-27-38(86)47(24(11-73)97-54(27)95)106-55-28(64-15(2)76)39(87)48(25(12-74)104-55)107-60-46(94)51(110-62-53(43(91)34(82)21(8-70)103-62)112-57-30(66-17(4)78)50(36(84)23(10-72)99-57)109-59-45(93)41(89)32(80)19(6-68)101-59)37(85)26(105-60)13-96-61-52(42(90)33(81)20(7-69)102-61)111-56-29(65-16(3)77)49(35(83)22(9-71)98-56)108-58-44(92)40(88)31(79)18(5-67)100-58/h18-62,67-74,79-95H,5-13H2,1-4H3,(H,63,75)(H,64,76)(H,65,77)(H,66,78)/t18-,19-,20-,21-,22-,23-,24-,25-,26-,27-,28-,29-,30-,31+,32+,33-,34-,35-,36-,37-,38-,39-,40+,41+,42+,43+,44-,45-,46+,47-,48-,49-,50-,51+,52+,53+,54?,55+,56+,57+,58+,59+,60+,61+,62-/m1/s1. The predicted molar refractivity (Wildman–Crippen MR) is 343 cm³/mol. The molecule has 9 aliphatic heterocycles. The zero-order valence-corrected chi connectivity index (χ0v) is 60.1. The van der Waals surface area contributed by atoms with E-state index in [0.29, 0.717) is 0 Å². The topological polar surface area (TPSA) is 779 Å². The van der Waals surface area contributed by atoms with Gasteiger partial charge in [0.1, 0.15) is 219 Å². The van der Waals surface area contributed by atoms with Gasteiger partial charge in [-0.25, -0.2) is 0 Å². The lowest BCUT2D eigenvalue weighted by molar-refractivity contribution is -0.399. The molecule has 1 unspecified atom stereocenters. The van der Waals surface area contributed by atoms with Crippen LogP contribution in [0.3, 0.4) is 0 Å². The molecule has 50 heteroatoms. The van der Waals surface area contributed by atoms with E-state index in [4.69, 9.17) is 80.5 Å². The molecule has 9 fully saturated rings. The molecule has 9 saturated heterocycles. The molecule has 9 heterocycles. The lowest BCUT2D eigenvalue weighted by Gasteiger charge is -2.51. The monoisotopic (exact) mass is 1640 g/mol. The smallest absolute Gasteiger partial charge is 0.217 e. The second kappa shape index (κ2) is 40.3. The first kappa shape index (κ1) is 92.1. The third-order valence-corrected chi connectivity index (χ3v) is 20.4. The third-order valence-electron chi connectivity index (χ3n) is 20.4. The van der Waals surface area contributed by atoms with Crippen LogP contribution in [-0.2, 0) is 99.7 Å². The number of carbonyl (C=O) groups is 4. The van der Waals surface area contributed by atoms with Crippen molar-refractivity contribution in [3.8, 4) is 0 Å². The van der Waals surface area contributed by atoms with E-state index in [1.807, 2.05) is 0 Å². The minimum atomic E-state index is -2.59. The van der Waals surface area contributed by atoms with E-state index in [0.717, 1.165) is 27.7 Å². The first-order chi connectivity index (χ1) is 53.0. The molecule has 0 aromatic rings. The van der Waals surface area contributed by atoms with Crippen LogP contribution in [0.4, 0.5) is 0 Å². The number of hydrogen-bond donors (Lipinski definition) is 29. The van der Waals surface area contributed by atoms with E-state index in [-0.39, 0.29) is 0 Å². The summed E-state index contributed by atoms with van der Waals surface area (Å²) < 4.78 is 101. The van der Waals surface area contributed by atoms with Crippen LogP contribution in [-0.4, -0.2) is 487 Å². The maximum Gasteiger partial charge on any atom is 0.217 e. The molecule has 45 atom stereocenters. The van der Waals surface area contributed by atoms with Crippen molar-refractivity contribution in [3.63, 3.8) is 0 Å². The van der Waals surface area contributed by atoms with Crippen molar-refractivity contribution in [3.05, 3.63) is 0 Å². The average Bonchev–Trinajstić information content (AvgIpc) is 0.769. The molecule has 0 aromatic carbocycles. The van der Waals surface area contributed by atoms with Crippen molar-refractivity contribution in [2.45, 2.75) is 304 Å². The fraction of sp³-hybridized carbons (Fsp3) is 0.935. The fourth-order valence-corrected chi connectivity index (χ4v) is 14.4. The molecule has 50 nitrogen and oxygen atoms in total. The van der Waals surface area contributed by atoms with Gasteiger partial charge in [-0.1, -0.05) is 0 Å². The highest BCUT2D eigenvalue weighted by Gasteiger charge is 2.61. The van der Waals surface area contributed by atoms with Gasteiger partial charge in [-0.05, 0) is 0 Å². The number of rotatable bonds is 29. The summed E-state index contributed by atoms with van der Waals surface area (Å²) >= 11 is 0. The highest BCUT2D eigenvalue weighted by molar-refractivity contribution is 5.74. The number of ether oxygens (including phenoxy) is 17. The van der Waals surface area contributed by atoms with Crippen LogP contribution in [0.2, 0.25) is 0 Å². The van der Waals surface area contributed by atoms with Crippen molar-refractivity contribution in [2.24, 2.45) is 0 Å². The van der Waals surface area contributed by atoms with Crippen LogP contribution in [0.25, 0.3) is 0 Å². The maximum atomic E-state index is 13.1. The van der Waals surface area contributed by atoms with Gasteiger partial charge < -0.3 is 229 Å². The lowest BCUT2D eigenvalue weighted by atomic mass is 9.93. The second-order valence-corrected chi connectivity index (χ2v) is 28.2. The van der Waals surface area contributed by atoms with Crippen LogP contribution < -0.4 is 21.3 Å². The van der Waals surface area contributed by atoms with Crippen molar-refractivity contribution in [2.75, 3.05) is 59.5 Å². The predicted octanol–water partition coefficient (Wildman–Crippen LogP) is -20.1. The van der Waals surface area contributed by atoms with Gasteiger partial charge in [-0.3, -0.25) is 19.2 Å². The highest BCUT2D eigenvalue weighted by atomic mass is 16.8. The molecule has 4 amide bonds. The SMILES string of the molecule is CC(=O)N[C@H]1[C@H](O[C@H]2[C@H](O)[C@@H](NC(C)=O)C(O)O[C@@H]2CO)O[C@H](CO)[C@@H](O[C@@H]2O[C@H](CO[C@H]3O[C@H](CO)[C@@H](O)[C@H](O)[C@@H]3O[C@@H]3O[C@H](CO)[C@@H](O)[C@H](O[C@@H]4O[C@H](CO)[C@H](O)[C@H](O)[C@H]4O)[C@H]3NC(C)=O)[C@@H](O)[C@H](O[C@H]3O[C@H](CO)[C@@H](O)[C@H](O)[C@@H]3O[C@@H]3O[C@H](CO)[C@@H](O)[C@H](O[C@@H]4O[C@H](CO)[C@H](O)[C@H](O)[C@H]4O)[C@H]3NC(C)=O)[C@@H]2O)[C@@H]1O. The van der Waals surface area contributed by atoms with Gasteiger partial charge >= 0.3 is 0 Å². The first-order valence-electron chi connectivity index (χ1n) is 35.6. The minimum absolute atomic E-state index is 0.790. The molecule has 0 bridgehead atoms. The van der Waals surface area contributed by atoms with Crippen LogP contribution in [0, 0.1) is 0 Å². The maximum absolute atomic E-state index is 13.1. The molecule has 0 saturated carbocycles. The minimum Gasteiger partial charge on any atom is -0.394 e. The molecule has 9 aliphatic rings. The molecule has 0 radical (unpaired) electrons. The molecule has 0 aromatic heterocycles. The Morgan fingerprint density at radius 1 is 0.232 bits per heavy atom. The summed E-state index contributed by atoms with van der Waals surface area (Å²) in [4.78, 5) is 51.2. The average molecular weight is 1640 g/mol. The Balaban J connectivity index is 1.08. The Hall–Kier alpha value is -3.80. The Morgan fingerprint density at radius 3 is 0.920 bits per heavy atom. The molecule has 648 valence electrons. The van der Waals surface area contributed by atoms with Gasteiger partial charge in [0.05, 0.1) is 59.5 Å². The summed E-state index contributed by atoms with van der Waals surface area (Å²) in [6.07, 6.45) is -86.1. The second-order valence-electron chi connectivity index (χ2n) is 28.2. The zero-order valence-electron chi connectivity index (χ0n) is 60.1. The van der Waals surface area contributed by atoms with Crippen LogP contribution in [0.5, 0.6) is 0 Å². The zero-order chi connectivity index (χ0) is 82.5. The Bertz CT molecular complexity index is 2970. The number of aliphatic hydroxyl groups excluding tert-OH is 25. The lowest BCUT2D eigenvalue weighted by Crippen LogP contribution is -2.71. The molecule has 112 heavy (non-hydrogen) atoms. The normalized spacial score (nSPS) is 48.9. The highest BCUT2D eigenvalue weighted by Crippen LogP contribution is 2.40. The van der Waals surface area contributed by atoms with E-state index in [1.54, 1.807) is 0 Å². The van der Waals surface area contributed by atoms with E-state index in [2.05, 4.69) is 21.3 Å². The van der Waals surface area contributed by atoms with Crippen LogP contribution >= 0.6 is 0 Å². The van der Waals surface area contributed by atoms with Gasteiger partial charge in [0.2, 0.25) is 23.6 Å². The van der Waals surface area contributed by atoms with Gasteiger partial charge in [0.25, 0.3) is 0 Å². The summed E-state index contributed by atoms with van der Waals surface area (Å²) in [5.41, 5.74) is 0. The fourth-order valence-electron chi connectivity index (χ4n) is 14.4. The molecule has 29 N–H and O–H groups in total. The van der Waals surface area contributed by atoms with E-state index in [1.165, 1.54) is 0 Å². The number of carbonyl (C=O) groups excluding carboxylic acids is 4. The number of aliphatic hydroxyl groups is 25. The number of hydrogen-bond acceptors (Lipinski definition) is 46. The third kappa shape index (κ3) is 20.2. The number of nitrogens with one attached hydrogen (secondary N) is 4. The summed E-state index contributed by atoms with van der Waals surface area (Å²) in [7, 11) is 0. The van der Waals surface area contributed by atoms with Gasteiger partial charge in [0, 0.05) is 27.7 Å². The first-order valence-corrected chi connectivity index (χ1v) is 35.6. The largest absolute Gasteiger partial charge is 0.394 e. The van der Waals surface area contributed by atoms with Crippen LogP contribution in [0.15, 0.2) is 0 Å². The van der Waals surface area contributed by atoms with Crippen molar-refractivity contribution < 1.29 is 227 Å². The van der Waals surface area contributed by atoms with E-state index >= 15 is 0 Å². The molecule has 0 aliphatic carbocycles. The summed E-state index contributed by atoms with van der Waals surface area (Å²) in [5, 5.41) is 287. The van der Waals surface area contributed by atoms with E-state index in [9.17, 15) is 147 Å².